The van der Waals surface area contributed by atoms with Crippen LogP contribution in [0.25, 0.3) is 32.9 Å². The number of nitrogens with two attached hydrogens (primary N) is 1. The minimum absolute atomic E-state index is 0.0354. The van der Waals surface area contributed by atoms with Crippen LogP contribution in [0.4, 0.5) is 13.2 Å². The van der Waals surface area contributed by atoms with Gasteiger partial charge in [0.1, 0.15) is 11.8 Å². The Hall–Kier alpha value is -3.96. The summed E-state index contributed by atoms with van der Waals surface area (Å²) in [6, 6.07) is 19.7. The SMILES string of the molecule is NS(=O)(=O)C(c1ccccc1)c1ccccc1-c1ccc2c3[nH]ncc3c(=O)n(CC(F)(F)F)c2c1. The van der Waals surface area contributed by atoms with E-state index in [4.69, 9.17) is 5.14 Å². The lowest BCUT2D eigenvalue weighted by Crippen LogP contribution is -2.28. The van der Waals surface area contributed by atoms with Crippen LogP contribution < -0.4 is 10.7 Å². The normalized spacial score (nSPS) is 13.3. The third kappa shape index (κ3) is 4.27. The molecule has 11 heteroatoms. The van der Waals surface area contributed by atoms with E-state index in [1.807, 2.05) is 0 Å². The first kappa shape index (κ1) is 23.8. The summed E-state index contributed by atoms with van der Waals surface area (Å²) in [7, 11) is -4.12. The quantitative estimate of drug-likeness (QED) is 0.362. The molecule has 1 unspecified atom stereocenters. The van der Waals surface area contributed by atoms with Gasteiger partial charge in [-0.15, -0.1) is 0 Å². The van der Waals surface area contributed by atoms with Gasteiger partial charge >= 0.3 is 6.18 Å². The Bertz CT molecular complexity index is 1760. The highest BCUT2D eigenvalue weighted by Crippen LogP contribution is 2.37. The summed E-state index contributed by atoms with van der Waals surface area (Å²) in [6.45, 7) is -1.49. The molecule has 0 saturated heterocycles. The topological polar surface area (TPSA) is 111 Å². The Morgan fingerprint density at radius 3 is 2.36 bits per heavy atom. The molecule has 2 heterocycles. The number of benzene rings is 3. The van der Waals surface area contributed by atoms with Crippen molar-refractivity contribution < 1.29 is 21.6 Å². The highest BCUT2D eigenvalue weighted by molar-refractivity contribution is 7.89. The van der Waals surface area contributed by atoms with Gasteiger partial charge in [0.05, 0.1) is 22.6 Å². The molecular weight excluding hydrogens is 493 g/mol. The summed E-state index contributed by atoms with van der Waals surface area (Å²) in [6.07, 6.45) is -3.45. The molecule has 36 heavy (non-hydrogen) atoms. The first-order valence-electron chi connectivity index (χ1n) is 10.8. The van der Waals surface area contributed by atoms with Crippen LogP contribution >= 0.6 is 0 Å². The summed E-state index contributed by atoms with van der Waals surface area (Å²) in [5.41, 5.74) is 1.21. The Kier molecular flexibility index (Phi) is 5.68. The molecule has 1 atom stereocenters. The fourth-order valence-corrected chi connectivity index (χ4v) is 5.64. The third-order valence-corrected chi connectivity index (χ3v) is 7.18. The zero-order valence-corrected chi connectivity index (χ0v) is 19.3. The number of hydrogen-bond acceptors (Lipinski definition) is 4. The van der Waals surface area contributed by atoms with Crippen molar-refractivity contribution in [2.75, 3.05) is 0 Å². The molecule has 2 aromatic heterocycles. The maximum absolute atomic E-state index is 13.4. The van der Waals surface area contributed by atoms with E-state index in [1.165, 1.54) is 12.3 Å². The van der Waals surface area contributed by atoms with Crippen LogP contribution in [0.5, 0.6) is 0 Å². The van der Waals surface area contributed by atoms with Crippen LogP contribution in [0.1, 0.15) is 16.4 Å². The van der Waals surface area contributed by atoms with Crippen LogP contribution in [0.2, 0.25) is 0 Å². The highest BCUT2D eigenvalue weighted by Gasteiger charge is 2.31. The molecule has 0 aliphatic heterocycles. The number of hydrogen-bond donors (Lipinski definition) is 2. The summed E-state index contributed by atoms with van der Waals surface area (Å²) in [5.74, 6) is 0. The molecular formula is C25H19F3N4O3S. The fraction of sp³-hybridized carbons (Fsp3) is 0.120. The molecule has 3 aromatic carbocycles. The number of pyridine rings is 1. The monoisotopic (exact) mass is 512 g/mol. The van der Waals surface area contributed by atoms with Gasteiger partial charge in [0.25, 0.3) is 5.56 Å². The van der Waals surface area contributed by atoms with Crippen molar-refractivity contribution in [1.29, 1.82) is 0 Å². The van der Waals surface area contributed by atoms with Gasteiger partial charge in [-0.05, 0) is 28.3 Å². The third-order valence-electron chi connectivity index (χ3n) is 6.00. The van der Waals surface area contributed by atoms with Gasteiger partial charge in [-0.3, -0.25) is 14.5 Å². The van der Waals surface area contributed by atoms with Gasteiger partial charge < -0.3 is 0 Å². The summed E-state index contributed by atoms with van der Waals surface area (Å²) < 4.78 is 66.3. The maximum atomic E-state index is 13.4. The summed E-state index contributed by atoms with van der Waals surface area (Å²) >= 11 is 0. The van der Waals surface area contributed by atoms with E-state index in [1.54, 1.807) is 66.7 Å². The Morgan fingerprint density at radius 1 is 0.972 bits per heavy atom. The molecule has 0 bridgehead atoms. The zero-order valence-electron chi connectivity index (χ0n) is 18.5. The lowest BCUT2D eigenvalue weighted by molar-refractivity contribution is -0.140. The van der Waals surface area contributed by atoms with E-state index in [2.05, 4.69) is 10.2 Å². The fourth-order valence-electron chi connectivity index (χ4n) is 4.54. The zero-order chi connectivity index (χ0) is 25.7. The van der Waals surface area contributed by atoms with Gasteiger partial charge in [-0.2, -0.15) is 18.3 Å². The lowest BCUT2D eigenvalue weighted by atomic mass is 9.93. The van der Waals surface area contributed by atoms with Crippen molar-refractivity contribution in [2.24, 2.45) is 5.14 Å². The molecule has 0 aliphatic carbocycles. The highest BCUT2D eigenvalue weighted by atomic mass is 32.2. The van der Waals surface area contributed by atoms with Gasteiger partial charge in [0.2, 0.25) is 10.0 Å². The number of alkyl halides is 3. The molecule has 184 valence electrons. The van der Waals surface area contributed by atoms with Crippen LogP contribution in [0.15, 0.2) is 83.8 Å². The van der Waals surface area contributed by atoms with E-state index in [9.17, 15) is 26.4 Å². The minimum Gasteiger partial charge on any atom is -0.298 e. The predicted molar refractivity (Wildman–Crippen MR) is 131 cm³/mol. The van der Waals surface area contributed by atoms with Crippen LogP contribution in [-0.2, 0) is 16.6 Å². The Labute approximate surface area is 203 Å². The number of nitrogens with one attached hydrogen (secondary N) is 1. The second kappa shape index (κ2) is 8.61. The van der Waals surface area contributed by atoms with Gasteiger partial charge in [-0.1, -0.05) is 66.7 Å². The second-order valence-corrected chi connectivity index (χ2v) is 10.0. The second-order valence-electron chi connectivity index (χ2n) is 8.36. The molecule has 0 aliphatic rings. The average molecular weight is 513 g/mol. The Morgan fingerprint density at radius 2 is 1.67 bits per heavy atom. The van der Waals surface area contributed by atoms with Crippen molar-refractivity contribution in [3.05, 3.63) is 100 Å². The number of H-pyrrole nitrogens is 1. The van der Waals surface area contributed by atoms with Gasteiger partial charge in [0.15, 0.2) is 0 Å². The first-order chi connectivity index (χ1) is 17.0. The minimum atomic E-state index is -4.64. The number of rotatable bonds is 5. The van der Waals surface area contributed by atoms with Gasteiger partial charge in [-0.25, -0.2) is 13.6 Å². The van der Waals surface area contributed by atoms with Crippen molar-refractivity contribution in [1.82, 2.24) is 14.8 Å². The molecule has 0 saturated carbocycles. The molecule has 0 amide bonds. The Balaban J connectivity index is 1.79. The maximum Gasteiger partial charge on any atom is 0.406 e. The van der Waals surface area contributed by atoms with E-state index in [0.717, 1.165) is 0 Å². The number of halogens is 3. The molecule has 7 nitrogen and oxygen atoms in total. The van der Waals surface area contributed by atoms with Crippen LogP contribution in [0, 0.1) is 0 Å². The number of sulfonamides is 1. The smallest absolute Gasteiger partial charge is 0.298 e. The summed E-state index contributed by atoms with van der Waals surface area (Å²) in [4.78, 5) is 12.9. The van der Waals surface area contributed by atoms with E-state index < -0.39 is 33.6 Å². The number of fused-ring (bicyclic) bond motifs is 3. The predicted octanol–water partition coefficient (Wildman–Crippen LogP) is 4.49. The molecule has 5 rings (SSSR count). The van der Waals surface area contributed by atoms with Crippen molar-refractivity contribution in [3.63, 3.8) is 0 Å². The molecule has 0 radical (unpaired) electrons. The van der Waals surface area contributed by atoms with E-state index in [0.29, 0.717) is 37.7 Å². The largest absolute Gasteiger partial charge is 0.406 e. The van der Waals surface area contributed by atoms with E-state index >= 15 is 0 Å². The van der Waals surface area contributed by atoms with Crippen molar-refractivity contribution >= 4 is 31.8 Å². The summed E-state index contributed by atoms with van der Waals surface area (Å²) in [5, 5.41) is 11.4. The molecule has 0 fully saturated rings. The van der Waals surface area contributed by atoms with Crippen molar-refractivity contribution in [3.8, 4) is 11.1 Å². The molecule has 0 spiro atoms. The van der Waals surface area contributed by atoms with E-state index in [-0.39, 0.29) is 10.9 Å². The lowest BCUT2D eigenvalue weighted by Gasteiger charge is -2.20. The van der Waals surface area contributed by atoms with Crippen LogP contribution in [0.3, 0.4) is 0 Å². The number of aromatic amines is 1. The first-order valence-corrected chi connectivity index (χ1v) is 12.4. The number of nitrogens with zero attached hydrogens (tertiary/aromatic N) is 2. The number of aromatic nitrogens is 3. The van der Waals surface area contributed by atoms with Crippen molar-refractivity contribution in [2.45, 2.75) is 18.0 Å². The standard InChI is InChI=1S/C25H19F3N4O3S/c26-25(27,28)14-32-21-12-16(10-11-19(21)22-20(24(32)33)13-30-31-22)17-8-4-5-9-18(17)23(36(29,34)35)15-6-2-1-3-7-15/h1-13,23H,14H2,(H,30,31)(H2,29,34,35). The molecule has 3 N–H and O–H groups in total. The van der Waals surface area contributed by atoms with Gasteiger partial charge in [0, 0.05) is 5.39 Å². The number of primary sulfonamides is 1. The average Bonchev–Trinajstić information content (AvgIpc) is 3.31. The molecule has 5 aromatic rings. The van der Waals surface area contributed by atoms with Crippen LogP contribution in [-0.4, -0.2) is 29.4 Å².